The van der Waals surface area contributed by atoms with Crippen LogP contribution in [0, 0.1) is 0 Å². The topological polar surface area (TPSA) is 38.3 Å². The number of hydrogen-bond acceptors (Lipinski definition) is 2. The minimum Gasteiger partial charge on any atom is -0.457 e. The molecule has 0 heterocycles. The minimum absolute atomic E-state index is 0.0173. The monoisotopic (exact) mass is 321 g/mol. The predicted octanol–water partition coefficient (Wildman–Crippen LogP) is 4.94. The van der Waals surface area contributed by atoms with E-state index in [4.69, 9.17) is 4.74 Å². The van der Waals surface area contributed by atoms with Crippen molar-refractivity contribution in [1.82, 2.24) is 5.32 Å². The van der Waals surface area contributed by atoms with Crippen LogP contribution in [0.3, 0.4) is 0 Å². The van der Waals surface area contributed by atoms with Gasteiger partial charge in [0.1, 0.15) is 11.5 Å². The number of carbonyl (C=O) groups excluding carboxylic acids is 1. The molecule has 1 fully saturated rings. The predicted molar refractivity (Wildman–Crippen MR) is 97.0 cm³/mol. The molecule has 3 rings (SSSR count). The number of amides is 1. The summed E-state index contributed by atoms with van der Waals surface area (Å²) in [6.07, 6.45) is 9.35. The fourth-order valence-electron chi connectivity index (χ4n) is 2.97. The third-order valence-electron chi connectivity index (χ3n) is 4.22. The molecule has 0 aromatic heterocycles. The average molecular weight is 321 g/mol. The zero-order chi connectivity index (χ0) is 16.6. The smallest absolute Gasteiger partial charge is 0.244 e. The fraction of sp³-hybridized carbons (Fsp3) is 0.286. The first kappa shape index (κ1) is 16.3. The van der Waals surface area contributed by atoms with Crippen molar-refractivity contribution in [3.8, 4) is 11.5 Å². The number of nitrogens with one attached hydrogen (secondary N) is 1. The van der Waals surface area contributed by atoms with Gasteiger partial charge >= 0.3 is 0 Å². The largest absolute Gasteiger partial charge is 0.457 e. The maximum absolute atomic E-state index is 12.0. The van der Waals surface area contributed by atoms with E-state index in [0.29, 0.717) is 6.04 Å². The Morgan fingerprint density at radius 2 is 1.71 bits per heavy atom. The van der Waals surface area contributed by atoms with Crippen LogP contribution in [-0.2, 0) is 4.79 Å². The molecule has 1 N–H and O–H groups in total. The first-order chi connectivity index (χ1) is 11.8. The van der Waals surface area contributed by atoms with Gasteiger partial charge in [-0.25, -0.2) is 0 Å². The number of rotatable bonds is 5. The normalized spacial score (nSPS) is 15.3. The number of para-hydroxylation sites is 1. The molecule has 0 spiro atoms. The quantitative estimate of drug-likeness (QED) is 0.792. The lowest BCUT2D eigenvalue weighted by molar-refractivity contribution is -0.117. The van der Waals surface area contributed by atoms with Crippen molar-refractivity contribution in [1.29, 1.82) is 0 Å². The van der Waals surface area contributed by atoms with E-state index in [-0.39, 0.29) is 5.91 Å². The molecule has 0 radical (unpaired) electrons. The van der Waals surface area contributed by atoms with Crippen LogP contribution in [0.5, 0.6) is 11.5 Å². The number of ether oxygens (including phenoxy) is 1. The zero-order valence-corrected chi connectivity index (χ0v) is 13.8. The lowest BCUT2D eigenvalue weighted by Crippen LogP contribution is -2.34. The molecule has 3 heteroatoms. The molecule has 1 saturated carbocycles. The van der Waals surface area contributed by atoms with Gasteiger partial charge in [0, 0.05) is 12.1 Å². The molecule has 1 aliphatic carbocycles. The Kier molecular flexibility index (Phi) is 5.67. The van der Waals surface area contributed by atoms with Crippen LogP contribution in [0.4, 0.5) is 0 Å². The highest BCUT2D eigenvalue weighted by atomic mass is 16.5. The van der Waals surface area contributed by atoms with E-state index >= 15 is 0 Å². The summed E-state index contributed by atoms with van der Waals surface area (Å²) in [4.78, 5) is 12.0. The van der Waals surface area contributed by atoms with E-state index in [2.05, 4.69) is 5.32 Å². The Morgan fingerprint density at radius 3 is 2.50 bits per heavy atom. The van der Waals surface area contributed by atoms with Gasteiger partial charge in [-0.1, -0.05) is 49.6 Å². The van der Waals surface area contributed by atoms with Crippen LogP contribution >= 0.6 is 0 Å². The molecule has 124 valence electrons. The van der Waals surface area contributed by atoms with Crippen molar-refractivity contribution in [2.24, 2.45) is 0 Å². The summed E-state index contributed by atoms with van der Waals surface area (Å²) in [6, 6.07) is 17.7. The summed E-state index contributed by atoms with van der Waals surface area (Å²) < 4.78 is 5.81. The van der Waals surface area contributed by atoms with E-state index in [9.17, 15) is 4.79 Å². The third-order valence-corrected chi connectivity index (χ3v) is 4.22. The third kappa shape index (κ3) is 4.98. The molecule has 1 aliphatic rings. The SMILES string of the molecule is O=C(C=Cc1cccc(Oc2ccccc2)c1)NC1CCCCC1. The van der Waals surface area contributed by atoms with Crippen molar-refractivity contribution in [2.75, 3.05) is 0 Å². The Hall–Kier alpha value is -2.55. The summed E-state index contributed by atoms with van der Waals surface area (Å²) in [5.74, 6) is 1.54. The lowest BCUT2D eigenvalue weighted by Gasteiger charge is -2.21. The van der Waals surface area contributed by atoms with Crippen LogP contribution in [0.2, 0.25) is 0 Å². The van der Waals surface area contributed by atoms with E-state index in [0.717, 1.165) is 29.9 Å². The molecule has 0 saturated heterocycles. The van der Waals surface area contributed by atoms with Gasteiger partial charge in [-0.2, -0.15) is 0 Å². The Morgan fingerprint density at radius 1 is 0.958 bits per heavy atom. The molecule has 24 heavy (non-hydrogen) atoms. The van der Waals surface area contributed by atoms with Gasteiger partial charge in [0.15, 0.2) is 0 Å². The molecule has 2 aromatic rings. The second kappa shape index (κ2) is 8.34. The summed E-state index contributed by atoms with van der Waals surface area (Å²) >= 11 is 0. The summed E-state index contributed by atoms with van der Waals surface area (Å²) in [5.41, 5.74) is 0.947. The van der Waals surface area contributed by atoms with Crippen molar-refractivity contribution in [3.63, 3.8) is 0 Å². The molecule has 0 bridgehead atoms. The minimum atomic E-state index is -0.0173. The van der Waals surface area contributed by atoms with Crippen LogP contribution in [-0.4, -0.2) is 11.9 Å². The highest BCUT2D eigenvalue weighted by molar-refractivity contribution is 5.91. The highest BCUT2D eigenvalue weighted by Crippen LogP contribution is 2.22. The summed E-state index contributed by atoms with van der Waals surface area (Å²) in [7, 11) is 0. The van der Waals surface area contributed by atoms with E-state index in [1.165, 1.54) is 19.3 Å². The summed E-state index contributed by atoms with van der Waals surface area (Å²) in [6.45, 7) is 0. The molecular formula is C21H23NO2. The first-order valence-electron chi connectivity index (χ1n) is 8.61. The molecule has 3 nitrogen and oxygen atoms in total. The van der Waals surface area contributed by atoms with E-state index < -0.39 is 0 Å². The molecule has 1 amide bonds. The number of hydrogen-bond donors (Lipinski definition) is 1. The fourth-order valence-corrected chi connectivity index (χ4v) is 2.97. The second-order valence-corrected chi connectivity index (χ2v) is 6.16. The zero-order valence-electron chi connectivity index (χ0n) is 13.8. The maximum Gasteiger partial charge on any atom is 0.244 e. The standard InChI is InChI=1S/C21H23NO2/c23-21(22-18-9-3-1-4-10-18)15-14-17-8-7-13-20(16-17)24-19-11-5-2-6-12-19/h2,5-8,11-16,18H,1,3-4,9-10H2,(H,22,23). The Bertz CT molecular complexity index is 688. The molecular weight excluding hydrogens is 298 g/mol. The average Bonchev–Trinajstić information content (AvgIpc) is 2.62. The number of carbonyl (C=O) groups is 1. The lowest BCUT2D eigenvalue weighted by atomic mass is 9.95. The van der Waals surface area contributed by atoms with Gasteiger partial charge in [0.2, 0.25) is 5.91 Å². The highest BCUT2D eigenvalue weighted by Gasteiger charge is 2.14. The maximum atomic E-state index is 12.0. The van der Waals surface area contributed by atoms with Gasteiger partial charge in [-0.15, -0.1) is 0 Å². The summed E-state index contributed by atoms with van der Waals surface area (Å²) in [5, 5.41) is 3.09. The Labute approximate surface area is 143 Å². The molecule has 0 atom stereocenters. The van der Waals surface area contributed by atoms with Gasteiger partial charge in [-0.05, 0) is 48.7 Å². The van der Waals surface area contributed by atoms with Crippen molar-refractivity contribution in [3.05, 3.63) is 66.2 Å². The van der Waals surface area contributed by atoms with Crippen molar-refractivity contribution in [2.45, 2.75) is 38.1 Å². The molecule has 2 aromatic carbocycles. The van der Waals surface area contributed by atoms with Crippen LogP contribution < -0.4 is 10.1 Å². The number of benzene rings is 2. The van der Waals surface area contributed by atoms with Crippen molar-refractivity contribution >= 4 is 12.0 Å². The van der Waals surface area contributed by atoms with Gasteiger partial charge in [0.25, 0.3) is 0 Å². The van der Waals surface area contributed by atoms with Gasteiger partial charge in [0.05, 0.1) is 0 Å². The first-order valence-corrected chi connectivity index (χ1v) is 8.61. The van der Waals surface area contributed by atoms with Gasteiger partial charge in [-0.3, -0.25) is 4.79 Å². The van der Waals surface area contributed by atoms with E-state index in [1.807, 2.05) is 60.7 Å². The molecule has 0 unspecified atom stereocenters. The Balaban J connectivity index is 1.58. The van der Waals surface area contributed by atoms with Gasteiger partial charge < -0.3 is 10.1 Å². The molecule has 0 aliphatic heterocycles. The van der Waals surface area contributed by atoms with Crippen LogP contribution in [0.25, 0.3) is 6.08 Å². The van der Waals surface area contributed by atoms with Crippen LogP contribution in [0.1, 0.15) is 37.7 Å². The second-order valence-electron chi connectivity index (χ2n) is 6.16. The van der Waals surface area contributed by atoms with Crippen LogP contribution in [0.15, 0.2) is 60.7 Å². The van der Waals surface area contributed by atoms with E-state index in [1.54, 1.807) is 6.08 Å². The van der Waals surface area contributed by atoms with Crippen molar-refractivity contribution < 1.29 is 9.53 Å².